The van der Waals surface area contributed by atoms with E-state index in [-0.39, 0.29) is 11.9 Å². The minimum Gasteiger partial charge on any atom is -0.481 e. The molecule has 0 aliphatic carbocycles. The number of unbranched alkanes of at least 4 members (excludes halogenated alkanes) is 2. The Morgan fingerprint density at radius 1 is 1.19 bits per heavy atom. The van der Waals surface area contributed by atoms with Crippen LogP contribution in [0, 0.1) is 5.92 Å². The first kappa shape index (κ1) is 18.0. The fourth-order valence-electron chi connectivity index (χ4n) is 2.02. The van der Waals surface area contributed by atoms with Crippen LogP contribution in [-0.4, -0.2) is 41.2 Å². The topological polar surface area (TPSA) is 64.5 Å². The maximum atomic E-state index is 9.63. The first-order valence-electron chi connectivity index (χ1n) is 7.39. The Morgan fingerprint density at radius 2 is 1.81 bits per heavy atom. The Balaban J connectivity index is 2.71. The van der Waals surface area contributed by atoms with Crippen LogP contribution in [0.25, 0.3) is 0 Å². The molecule has 0 aliphatic rings. The Morgan fingerprint density at radius 3 is 2.29 bits per heavy atom. The predicted molar refractivity (Wildman–Crippen MR) is 85.2 cm³/mol. The van der Waals surface area contributed by atoms with E-state index in [0.29, 0.717) is 22.8 Å². The monoisotopic (exact) mass is 314 g/mol. The van der Waals surface area contributed by atoms with E-state index >= 15 is 0 Å². The lowest BCUT2D eigenvalue weighted by Gasteiger charge is -2.20. The normalized spacial score (nSPS) is 13.8. The minimum absolute atomic E-state index is 0.0821. The summed E-state index contributed by atoms with van der Waals surface area (Å²) < 4.78 is 10.3. The average Bonchev–Trinajstić information content (AvgIpc) is 2.52. The van der Waals surface area contributed by atoms with Crippen LogP contribution in [0.2, 0.25) is 0 Å². The summed E-state index contributed by atoms with van der Waals surface area (Å²) in [6.45, 7) is 4.47. The lowest BCUT2D eigenvalue weighted by atomic mass is 10.00. The predicted octanol–water partition coefficient (Wildman–Crippen LogP) is 3.16. The standard InChI is InChI=1S/C15H26N2O3S/c1-5-6-7-8-11(2)12(10-18)21-15-16-13(19-3)9-14(17-15)20-4/h9,11-12,18H,5-8,10H2,1-4H3. The van der Waals surface area contributed by atoms with Gasteiger partial charge in [-0.15, -0.1) is 0 Å². The molecule has 1 N–H and O–H groups in total. The van der Waals surface area contributed by atoms with Crippen molar-refractivity contribution in [3.05, 3.63) is 6.07 Å². The number of ether oxygens (including phenoxy) is 2. The molecule has 2 atom stereocenters. The van der Waals surface area contributed by atoms with Crippen molar-refractivity contribution >= 4 is 11.8 Å². The third kappa shape index (κ3) is 6.09. The van der Waals surface area contributed by atoms with E-state index in [2.05, 4.69) is 23.8 Å². The molecule has 6 heteroatoms. The van der Waals surface area contributed by atoms with Gasteiger partial charge >= 0.3 is 0 Å². The number of hydrogen-bond donors (Lipinski definition) is 1. The summed E-state index contributed by atoms with van der Waals surface area (Å²) in [6, 6.07) is 1.64. The smallest absolute Gasteiger partial charge is 0.220 e. The molecule has 1 aromatic rings. The van der Waals surface area contributed by atoms with Crippen molar-refractivity contribution in [2.75, 3.05) is 20.8 Å². The molecule has 0 spiro atoms. The summed E-state index contributed by atoms with van der Waals surface area (Å²) in [6.07, 6.45) is 4.74. The number of methoxy groups -OCH3 is 2. The summed E-state index contributed by atoms with van der Waals surface area (Å²) in [4.78, 5) is 8.61. The number of nitrogens with zero attached hydrogens (tertiary/aromatic N) is 2. The number of aliphatic hydroxyl groups excluding tert-OH is 1. The number of aliphatic hydroxyl groups is 1. The Kier molecular flexibility index (Phi) is 8.45. The van der Waals surface area contributed by atoms with Crippen molar-refractivity contribution in [2.24, 2.45) is 5.92 Å². The molecule has 1 heterocycles. The van der Waals surface area contributed by atoms with Crippen LogP contribution in [0.4, 0.5) is 0 Å². The minimum atomic E-state index is 0.0821. The zero-order valence-corrected chi connectivity index (χ0v) is 14.2. The largest absolute Gasteiger partial charge is 0.481 e. The Hall–Kier alpha value is -1.01. The molecule has 0 amide bonds. The van der Waals surface area contributed by atoms with Crippen molar-refractivity contribution in [1.82, 2.24) is 9.97 Å². The van der Waals surface area contributed by atoms with Gasteiger partial charge in [0.05, 0.1) is 26.9 Å². The molecule has 1 rings (SSSR count). The summed E-state index contributed by atoms with van der Waals surface area (Å²) in [5, 5.41) is 10.3. The highest BCUT2D eigenvalue weighted by atomic mass is 32.2. The molecule has 0 radical (unpaired) electrons. The lowest BCUT2D eigenvalue weighted by molar-refractivity contribution is 0.264. The highest BCUT2D eigenvalue weighted by Crippen LogP contribution is 2.30. The lowest BCUT2D eigenvalue weighted by Crippen LogP contribution is -2.19. The van der Waals surface area contributed by atoms with Crippen LogP contribution in [-0.2, 0) is 0 Å². The van der Waals surface area contributed by atoms with Gasteiger partial charge in [0.2, 0.25) is 11.8 Å². The van der Waals surface area contributed by atoms with Gasteiger partial charge in [-0.05, 0) is 12.3 Å². The van der Waals surface area contributed by atoms with Crippen molar-refractivity contribution in [1.29, 1.82) is 0 Å². The van der Waals surface area contributed by atoms with Crippen molar-refractivity contribution < 1.29 is 14.6 Å². The second kappa shape index (κ2) is 9.84. The van der Waals surface area contributed by atoms with Gasteiger partial charge in [0, 0.05) is 5.25 Å². The maximum Gasteiger partial charge on any atom is 0.220 e. The van der Waals surface area contributed by atoms with Crippen LogP contribution < -0.4 is 9.47 Å². The number of thioether (sulfide) groups is 1. The molecule has 21 heavy (non-hydrogen) atoms. The van der Waals surface area contributed by atoms with E-state index in [1.165, 1.54) is 31.0 Å². The van der Waals surface area contributed by atoms with Crippen LogP contribution in [0.15, 0.2) is 11.2 Å². The maximum absolute atomic E-state index is 9.63. The number of aromatic nitrogens is 2. The SMILES string of the molecule is CCCCCC(C)C(CO)Sc1nc(OC)cc(OC)n1. The van der Waals surface area contributed by atoms with Gasteiger partial charge in [0.15, 0.2) is 5.16 Å². The quantitative estimate of drug-likeness (QED) is 0.406. The van der Waals surface area contributed by atoms with Crippen molar-refractivity contribution in [2.45, 2.75) is 49.9 Å². The van der Waals surface area contributed by atoms with Gasteiger partial charge in [-0.1, -0.05) is 44.9 Å². The summed E-state index contributed by atoms with van der Waals surface area (Å²) in [5.41, 5.74) is 0. The summed E-state index contributed by atoms with van der Waals surface area (Å²) >= 11 is 1.48. The van der Waals surface area contributed by atoms with Gasteiger partial charge in [-0.25, -0.2) is 0 Å². The highest BCUT2D eigenvalue weighted by molar-refractivity contribution is 7.99. The van der Waals surface area contributed by atoms with Gasteiger partial charge < -0.3 is 14.6 Å². The molecule has 0 fully saturated rings. The van der Waals surface area contributed by atoms with Gasteiger partial charge in [0.1, 0.15) is 0 Å². The van der Waals surface area contributed by atoms with Gasteiger partial charge in [-0.3, -0.25) is 0 Å². The van der Waals surface area contributed by atoms with E-state index in [9.17, 15) is 5.11 Å². The van der Waals surface area contributed by atoms with Crippen LogP contribution in [0.3, 0.4) is 0 Å². The molecule has 120 valence electrons. The molecule has 5 nitrogen and oxygen atoms in total. The zero-order chi connectivity index (χ0) is 15.7. The van der Waals surface area contributed by atoms with Gasteiger partial charge in [0.25, 0.3) is 0 Å². The first-order valence-corrected chi connectivity index (χ1v) is 8.27. The van der Waals surface area contributed by atoms with Crippen molar-refractivity contribution in [3.8, 4) is 11.8 Å². The summed E-state index contributed by atoms with van der Waals surface area (Å²) in [7, 11) is 3.13. The van der Waals surface area contributed by atoms with E-state index in [1.54, 1.807) is 20.3 Å². The Bertz CT molecular complexity index is 396. The fraction of sp³-hybridized carbons (Fsp3) is 0.733. The molecule has 0 bridgehead atoms. The molecule has 0 aromatic carbocycles. The second-order valence-electron chi connectivity index (χ2n) is 5.05. The first-order chi connectivity index (χ1) is 10.1. The van der Waals surface area contributed by atoms with E-state index in [0.717, 1.165) is 6.42 Å². The summed E-state index contributed by atoms with van der Waals surface area (Å²) in [5.74, 6) is 1.35. The molecule has 0 saturated heterocycles. The van der Waals surface area contributed by atoms with E-state index in [4.69, 9.17) is 9.47 Å². The van der Waals surface area contributed by atoms with Crippen LogP contribution in [0.1, 0.15) is 39.5 Å². The zero-order valence-electron chi connectivity index (χ0n) is 13.3. The molecular weight excluding hydrogens is 288 g/mol. The highest BCUT2D eigenvalue weighted by Gasteiger charge is 2.20. The van der Waals surface area contributed by atoms with E-state index in [1.807, 2.05) is 0 Å². The van der Waals surface area contributed by atoms with Crippen LogP contribution >= 0.6 is 11.8 Å². The molecule has 2 unspecified atom stereocenters. The average molecular weight is 314 g/mol. The third-order valence-electron chi connectivity index (χ3n) is 3.41. The molecule has 1 aromatic heterocycles. The van der Waals surface area contributed by atoms with Gasteiger partial charge in [-0.2, -0.15) is 9.97 Å². The number of hydrogen-bond acceptors (Lipinski definition) is 6. The second-order valence-corrected chi connectivity index (χ2v) is 6.25. The number of rotatable bonds is 10. The molecule has 0 saturated carbocycles. The van der Waals surface area contributed by atoms with Crippen molar-refractivity contribution in [3.63, 3.8) is 0 Å². The van der Waals surface area contributed by atoms with Crippen LogP contribution in [0.5, 0.6) is 11.8 Å². The molecular formula is C15H26N2O3S. The van der Waals surface area contributed by atoms with E-state index < -0.39 is 0 Å². The third-order valence-corrected chi connectivity index (χ3v) is 4.72. The fourth-order valence-corrected chi connectivity index (χ4v) is 3.02. The Labute approximate surface area is 131 Å². The molecule has 0 aliphatic heterocycles.